The van der Waals surface area contributed by atoms with Gasteiger partial charge in [-0.1, -0.05) is 25.1 Å². The van der Waals surface area contributed by atoms with Gasteiger partial charge in [0.25, 0.3) is 17.4 Å². The molecule has 4 heterocycles. The molecule has 7 rings (SSSR count). The van der Waals surface area contributed by atoms with E-state index in [1.54, 1.807) is 17.0 Å². The zero-order valence-corrected chi connectivity index (χ0v) is 26.3. The fraction of sp³-hybridized carbons (Fsp3) is 0.314. The number of carbonyl (C=O) groups is 2. The van der Waals surface area contributed by atoms with Gasteiger partial charge in [0.15, 0.2) is 17.3 Å². The van der Waals surface area contributed by atoms with Crippen molar-refractivity contribution in [3.05, 3.63) is 110 Å². The first kappa shape index (κ1) is 31.2. The maximum atomic E-state index is 14.1. The predicted octanol–water partition coefficient (Wildman–Crippen LogP) is 4.71. The highest BCUT2D eigenvalue weighted by Crippen LogP contribution is 2.32. The number of benzene rings is 2. The number of pyridine rings is 1. The third-order valence-corrected chi connectivity index (χ3v) is 8.87. The molecule has 2 aliphatic rings. The van der Waals surface area contributed by atoms with E-state index < -0.39 is 23.1 Å². The van der Waals surface area contributed by atoms with E-state index in [9.17, 15) is 28.0 Å². The number of anilines is 1. The molecule has 3 aromatic heterocycles. The molecule has 0 saturated heterocycles. The molecule has 1 aliphatic carbocycles. The molecule has 0 atom stereocenters. The Bertz CT molecular complexity index is 2170. The van der Waals surface area contributed by atoms with Crippen LogP contribution in [0.3, 0.4) is 0 Å². The summed E-state index contributed by atoms with van der Waals surface area (Å²) in [5.41, 5.74) is 1.86. The number of rotatable bonds is 10. The molecule has 5 aromatic rings. The normalized spacial score (nSPS) is 14.4. The van der Waals surface area contributed by atoms with Crippen LogP contribution in [0, 0.1) is 11.6 Å². The number of amides is 2. The molecular weight excluding hydrogens is 620 g/mol. The summed E-state index contributed by atoms with van der Waals surface area (Å²) in [6, 6.07) is 13.6. The minimum atomic E-state index is -1.14. The van der Waals surface area contributed by atoms with Crippen molar-refractivity contribution in [2.45, 2.75) is 51.6 Å². The number of imidazole rings is 1. The Hall–Kier alpha value is -5.46. The van der Waals surface area contributed by atoms with E-state index >= 15 is 0 Å². The van der Waals surface area contributed by atoms with E-state index in [-0.39, 0.29) is 46.7 Å². The molecule has 13 heteroatoms. The SMILES string of the molecule is CCCn1c(=O)n(C2CC2)c(=O)c2[nH]c(-c3ccc(N(CCCN4CCc5ccccc5C4=O)C(=O)c4ccc(F)c(F)c4)nc3)nc21. The summed E-state index contributed by atoms with van der Waals surface area (Å²) in [6.07, 6.45) is 4.86. The second-order valence-electron chi connectivity index (χ2n) is 12.2. The summed E-state index contributed by atoms with van der Waals surface area (Å²) < 4.78 is 30.7. The lowest BCUT2D eigenvalue weighted by atomic mass is 9.99. The number of aryl methyl sites for hydroxylation is 1. The van der Waals surface area contributed by atoms with Crippen molar-refractivity contribution in [2.75, 3.05) is 24.5 Å². The van der Waals surface area contributed by atoms with Gasteiger partial charge in [-0.3, -0.25) is 28.4 Å². The van der Waals surface area contributed by atoms with Crippen LogP contribution in [0.5, 0.6) is 0 Å². The third kappa shape index (κ3) is 5.69. The number of H-pyrrole nitrogens is 1. The third-order valence-electron chi connectivity index (χ3n) is 8.87. The second-order valence-corrected chi connectivity index (χ2v) is 12.2. The van der Waals surface area contributed by atoms with E-state index in [0.29, 0.717) is 49.4 Å². The maximum absolute atomic E-state index is 14.1. The number of aromatic amines is 1. The van der Waals surface area contributed by atoms with Crippen LogP contribution in [-0.4, -0.2) is 60.4 Å². The van der Waals surface area contributed by atoms with Crippen LogP contribution in [0.4, 0.5) is 14.6 Å². The molecule has 0 bridgehead atoms. The number of hydrogen-bond acceptors (Lipinski definition) is 6. The van der Waals surface area contributed by atoms with Gasteiger partial charge in [-0.15, -0.1) is 0 Å². The molecule has 2 amide bonds. The highest BCUT2D eigenvalue weighted by Gasteiger charge is 2.30. The lowest BCUT2D eigenvalue weighted by molar-refractivity contribution is 0.0738. The first-order valence-corrected chi connectivity index (χ1v) is 16.1. The molecule has 246 valence electrons. The molecule has 11 nitrogen and oxygen atoms in total. The summed E-state index contributed by atoms with van der Waals surface area (Å²) in [5, 5.41) is 0. The lowest BCUT2D eigenvalue weighted by Crippen LogP contribution is -2.40. The van der Waals surface area contributed by atoms with Gasteiger partial charge >= 0.3 is 5.69 Å². The lowest BCUT2D eigenvalue weighted by Gasteiger charge is -2.29. The maximum Gasteiger partial charge on any atom is 0.333 e. The number of fused-ring (bicyclic) bond motifs is 2. The quantitative estimate of drug-likeness (QED) is 0.233. The minimum Gasteiger partial charge on any atom is -0.338 e. The van der Waals surface area contributed by atoms with Crippen LogP contribution in [0.25, 0.3) is 22.6 Å². The average Bonchev–Trinajstić information content (AvgIpc) is 3.83. The molecule has 1 saturated carbocycles. The Morgan fingerprint density at radius 2 is 1.83 bits per heavy atom. The first-order valence-electron chi connectivity index (χ1n) is 16.1. The Morgan fingerprint density at radius 3 is 2.56 bits per heavy atom. The summed E-state index contributed by atoms with van der Waals surface area (Å²) in [6.45, 7) is 3.42. The number of aromatic nitrogens is 5. The van der Waals surface area contributed by atoms with Gasteiger partial charge in [-0.25, -0.2) is 23.5 Å². The molecule has 0 spiro atoms. The molecule has 1 fully saturated rings. The first-order chi connectivity index (χ1) is 23.2. The zero-order valence-electron chi connectivity index (χ0n) is 26.3. The van der Waals surface area contributed by atoms with Crippen molar-refractivity contribution >= 4 is 28.8 Å². The van der Waals surface area contributed by atoms with Gasteiger partial charge in [0, 0.05) is 55.1 Å². The van der Waals surface area contributed by atoms with Crippen molar-refractivity contribution in [3.8, 4) is 11.4 Å². The highest BCUT2D eigenvalue weighted by molar-refractivity contribution is 6.05. The van der Waals surface area contributed by atoms with Crippen LogP contribution < -0.4 is 16.1 Å². The zero-order chi connectivity index (χ0) is 33.5. The number of nitrogens with one attached hydrogen (secondary N) is 1. The average molecular weight is 654 g/mol. The summed E-state index contributed by atoms with van der Waals surface area (Å²) >= 11 is 0. The summed E-state index contributed by atoms with van der Waals surface area (Å²) in [5.74, 6) is -2.29. The van der Waals surface area contributed by atoms with Crippen molar-refractivity contribution in [3.63, 3.8) is 0 Å². The van der Waals surface area contributed by atoms with E-state index in [1.165, 1.54) is 26.3 Å². The standard InChI is InChI=1S/C35H33F2N7O4/c1-2-15-43-31-29(34(47)44(35(43)48)24-10-11-24)39-30(40-31)23-9-13-28(38-20-23)42(32(45)22-8-12-26(36)27(37)19-22)17-5-16-41-18-14-21-6-3-4-7-25(21)33(41)46/h3-4,6-9,12-13,19-20,24H,2,5,10-11,14-18H2,1H3,(H,39,40). The predicted molar refractivity (Wildman–Crippen MR) is 175 cm³/mol. The van der Waals surface area contributed by atoms with Gasteiger partial charge in [0.1, 0.15) is 17.2 Å². The molecule has 1 N–H and O–H groups in total. The topological polar surface area (TPSA) is 126 Å². The van der Waals surface area contributed by atoms with Crippen molar-refractivity contribution < 1.29 is 18.4 Å². The molecule has 48 heavy (non-hydrogen) atoms. The van der Waals surface area contributed by atoms with E-state index in [0.717, 1.165) is 37.0 Å². The number of carbonyl (C=O) groups excluding carboxylic acids is 2. The van der Waals surface area contributed by atoms with Crippen LogP contribution in [0.15, 0.2) is 70.4 Å². The van der Waals surface area contributed by atoms with Gasteiger partial charge in [0.05, 0.1) is 0 Å². The minimum absolute atomic E-state index is 0.0547. The Morgan fingerprint density at radius 1 is 1.02 bits per heavy atom. The van der Waals surface area contributed by atoms with Crippen LogP contribution in [0.2, 0.25) is 0 Å². The molecule has 0 radical (unpaired) electrons. The molecule has 0 unspecified atom stereocenters. The Labute approximate surface area is 273 Å². The van der Waals surface area contributed by atoms with Gasteiger partial charge in [-0.05, 0) is 74.1 Å². The number of halogens is 2. The second kappa shape index (κ2) is 12.6. The smallest absolute Gasteiger partial charge is 0.333 e. The molecule has 1 aliphatic heterocycles. The summed E-state index contributed by atoms with van der Waals surface area (Å²) in [4.78, 5) is 68.5. The molecular formula is C35H33F2N7O4. The van der Waals surface area contributed by atoms with Gasteiger partial charge < -0.3 is 9.88 Å². The number of hydrogen-bond donors (Lipinski definition) is 1. The fourth-order valence-corrected chi connectivity index (χ4v) is 6.25. The van der Waals surface area contributed by atoms with Gasteiger partial charge in [-0.2, -0.15) is 0 Å². The Balaban J connectivity index is 1.17. The molecule has 2 aromatic carbocycles. The van der Waals surface area contributed by atoms with Crippen molar-refractivity contribution in [1.82, 2.24) is 29.0 Å². The van der Waals surface area contributed by atoms with Crippen molar-refractivity contribution in [1.29, 1.82) is 0 Å². The summed E-state index contributed by atoms with van der Waals surface area (Å²) in [7, 11) is 0. The van der Waals surface area contributed by atoms with Gasteiger partial charge in [0.2, 0.25) is 0 Å². The van der Waals surface area contributed by atoms with Crippen molar-refractivity contribution in [2.24, 2.45) is 0 Å². The fourth-order valence-electron chi connectivity index (χ4n) is 6.25. The van der Waals surface area contributed by atoms with E-state index in [2.05, 4.69) is 15.0 Å². The van der Waals surface area contributed by atoms with Crippen LogP contribution >= 0.6 is 0 Å². The Kier molecular flexibility index (Phi) is 8.19. The number of nitrogens with zero attached hydrogens (tertiary/aromatic N) is 6. The highest BCUT2D eigenvalue weighted by atomic mass is 19.2. The van der Waals surface area contributed by atoms with Crippen LogP contribution in [0.1, 0.15) is 64.9 Å². The monoisotopic (exact) mass is 653 g/mol. The van der Waals surface area contributed by atoms with E-state index in [1.807, 2.05) is 31.2 Å². The van der Waals surface area contributed by atoms with E-state index in [4.69, 9.17) is 0 Å². The van der Waals surface area contributed by atoms with Crippen LogP contribution in [-0.2, 0) is 13.0 Å². The largest absolute Gasteiger partial charge is 0.338 e.